The van der Waals surface area contributed by atoms with E-state index >= 15 is 0 Å². The summed E-state index contributed by atoms with van der Waals surface area (Å²) in [6.45, 7) is 0. The Morgan fingerprint density at radius 3 is 1.58 bits per heavy atom. The predicted octanol–water partition coefficient (Wildman–Crippen LogP) is 5.62. The largest absolute Gasteiger partial charge is 0.449 e. The normalized spacial score (nSPS) is 9.83. The summed E-state index contributed by atoms with van der Waals surface area (Å²) in [4.78, 5) is 4.04. The second kappa shape index (κ2) is 8.49. The van der Waals surface area contributed by atoms with E-state index in [2.05, 4.69) is 65.6 Å². The minimum Gasteiger partial charge on any atom is -0.449 e. The molecule has 0 unspecified atom stereocenters. The van der Waals surface area contributed by atoms with E-state index in [0.717, 1.165) is 12.3 Å². The molecular formula is C22H19NO. The summed E-state index contributed by atoms with van der Waals surface area (Å²) in [5.41, 5.74) is 3.77. The van der Waals surface area contributed by atoms with Crippen molar-refractivity contribution in [2.45, 2.75) is 6.42 Å². The van der Waals surface area contributed by atoms with Gasteiger partial charge in [0.1, 0.15) is 6.26 Å². The molecule has 1 aromatic heterocycles. The number of oxazole rings is 1. The maximum absolute atomic E-state index is 5.13. The fourth-order valence-electron chi connectivity index (χ4n) is 2.37. The van der Waals surface area contributed by atoms with Crippen molar-refractivity contribution in [3.63, 3.8) is 0 Å². The summed E-state index contributed by atoms with van der Waals surface area (Å²) in [7, 11) is 0. The average molecular weight is 313 g/mol. The summed E-state index contributed by atoms with van der Waals surface area (Å²) in [5, 5.41) is 0. The van der Waals surface area contributed by atoms with Crippen molar-refractivity contribution in [2.24, 2.45) is 0 Å². The van der Waals surface area contributed by atoms with Crippen LogP contribution in [0, 0.1) is 0 Å². The molecule has 24 heavy (non-hydrogen) atoms. The molecule has 0 saturated carbocycles. The third-order valence-corrected chi connectivity index (χ3v) is 3.56. The topological polar surface area (TPSA) is 26.0 Å². The number of rotatable bonds is 3. The maximum Gasteiger partial charge on any atom is 0.198 e. The van der Waals surface area contributed by atoms with Gasteiger partial charge in [0.2, 0.25) is 0 Å². The highest BCUT2D eigenvalue weighted by Gasteiger charge is 1.97. The molecule has 0 aliphatic heterocycles. The molecule has 3 aromatic carbocycles. The highest BCUT2D eigenvalue weighted by Crippen LogP contribution is 2.17. The van der Waals surface area contributed by atoms with E-state index in [1.54, 1.807) is 12.5 Å². The molecule has 0 aliphatic rings. The van der Waals surface area contributed by atoms with Gasteiger partial charge in [-0.05, 0) is 16.7 Å². The van der Waals surface area contributed by atoms with Crippen molar-refractivity contribution >= 4 is 0 Å². The Morgan fingerprint density at radius 1 is 0.625 bits per heavy atom. The third-order valence-electron chi connectivity index (χ3n) is 3.56. The van der Waals surface area contributed by atoms with Gasteiger partial charge >= 0.3 is 0 Å². The van der Waals surface area contributed by atoms with Gasteiger partial charge in [-0.1, -0.05) is 91.0 Å². The molecule has 0 amide bonds. The molecule has 2 heteroatoms. The van der Waals surface area contributed by atoms with Crippen LogP contribution in [0.15, 0.2) is 108 Å². The third kappa shape index (κ3) is 4.68. The van der Waals surface area contributed by atoms with Gasteiger partial charge in [-0.3, -0.25) is 0 Å². The van der Waals surface area contributed by atoms with E-state index in [0.29, 0.717) is 0 Å². The highest BCUT2D eigenvalue weighted by atomic mass is 16.3. The Kier molecular flexibility index (Phi) is 5.57. The first-order chi connectivity index (χ1) is 11.9. The fourth-order valence-corrected chi connectivity index (χ4v) is 2.37. The molecule has 118 valence electrons. The second-order valence-corrected chi connectivity index (χ2v) is 5.32. The smallest absolute Gasteiger partial charge is 0.198 e. The molecule has 4 rings (SSSR count). The molecule has 0 radical (unpaired) electrons. The van der Waals surface area contributed by atoms with Gasteiger partial charge in [-0.2, -0.15) is 0 Å². The van der Waals surface area contributed by atoms with Crippen molar-refractivity contribution in [3.8, 4) is 11.1 Å². The van der Waals surface area contributed by atoms with E-state index in [1.807, 2.05) is 30.3 Å². The molecule has 0 saturated heterocycles. The van der Waals surface area contributed by atoms with E-state index in [9.17, 15) is 0 Å². The summed E-state index contributed by atoms with van der Waals surface area (Å²) in [6, 6.07) is 30.9. The number of aromatic nitrogens is 1. The van der Waals surface area contributed by atoms with E-state index in [4.69, 9.17) is 4.42 Å². The van der Waals surface area contributed by atoms with Crippen LogP contribution in [0.25, 0.3) is 11.1 Å². The van der Waals surface area contributed by atoms with Crippen LogP contribution in [0.4, 0.5) is 0 Å². The first-order valence-electron chi connectivity index (χ1n) is 7.94. The second-order valence-electron chi connectivity index (χ2n) is 5.32. The Hall–Kier alpha value is -3.13. The monoisotopic (exact) mass is 313 g/mol. The lowest BCUT2D eigenvalue weighted by Crippen LogP contribution is -1.86. The molecule has 1 heterocycles. The molecule has 0 bridgehead atoms. The highest BCUT2D eigenvalue weighted by molar-refractivity contribution is 5.62. The Bertz CT molecular complexity index is 772. The van der Waals surface area contributed by atoms with Gasteiger partial charge in [-0.15, -0.1) is 0 Å². The summed E-state index contributed by atoms with van der Waals surface area (Å²) < 4.78 is 5.13. The first-order valence-corrected chi connectivity index (χ1v) is 7.94. The SMILES string of the molecule is c1ccc(-c2ccccc2)cc1.c1ccc(Cc2ncco2)cc1. The van der Waals surface area contributed by atoms with Crippen LogP contribution in [0.3, 0.4) is 0 Å². The van der Waals surface area contributed by atoms with Crippen molar-refractivity contribution in [1.29, 1.82) is 0 Å². The van der Waals surface area contributed by atoms with Gasteiger partial charge in [0, 0.05) is 6.42 Å². The quantitative estimate of drug-likeness (QED) is 0.490. The number of hydrogen-bond acceptors (Lipinski definition) is 2. The fraction of sp³-hybridized carbons (Fsp3) is 0.0455. The molecular weight excluding hydrogens is 294 g/mol. The lowest BCUT2D eigenvalue weighted by Gasteiger charge is -1.98. The van der Waals surface area contributed by atoms with Crippen LogP contribution in [0.5, 0.6) is 0 Å². The Morgan fingerprint density at radius 2 is 1.12 bits per heavy atom. The van der Waals surface area contributed by atoms with Crippen LogP contribution in [0.1, 0.15) is 11.5 Å². The first kappa shape index (κ1) is 15.8. The summed E-state index contributed by atoms with van der Waals surface area (Å²) >= 11 is 0. The molecule has 0 aliphatic carbocycles. The number of hydrogen-bond donors (Lipinski definition) is 0. The summed E-state index contributed by atoms with van der Waals surface area (Å²) in [6.07, 6.45) is 4.03. The molecule has 0 fully saturated rings. The molecule has 4 aromatic rings. The van der Waals surface area contributed by atoms with Crippen molar-refractivity contribution in [3.05, 3.63) is 115 Å². The predicted molar refractivity (Wildman–Crippen MR) is 97.6 cm³/mol. The molecule has 0 spiro atoms. The van der Waals surface area contributed by atoms with Crippen LogP contribution >= 0.6 is 0 Å². The lowest BCUT2D eigenvalue weighted by molar-refractivity contribution is 0.507. The van der Waals surface area contributed by atoms with Crippen LogP contribution in [-0.2, 0) is 6.42 Å². The molecule has 0 N–H and O–H groups in total. The Balaban J connectivity index is 0.000000141. The van der Waals surface area contributed by atoms with Crippen molar-refractivity contribution in [2.75, 3.05) is 0 Å². The van der Waals surface area contributed by atoms with Gasteiger partial charge < -0.3 is 4.42 Å². The van der Waals surface area contributed by atoms with Gasteiger partial charge in [0.25, 0.3) is 0 Å². The van der Waals surface area contributed by atoms with E-state index in [1.165, 1.54) is 16.7 Å². The molecule has 0 atom stereocenters. The minimum atomic E-state index is 0.765. The number of benzene rings is 3. The van der Waals surface area contributed by atoms with Crippen LogP contribution in [-0.4, -0.2) is 4.98 Å². The van der Waals surface area contributed by atoms with Crippen LogP contribution < -0.4 is 0 Å². The maximum atomic E-state index is 5.13. The van der Waals surface area contributed by atoms with Crippen molar-refractivity contribution in [1.82, 2.24) is 4.98 Å². The van der Waals surface area contributed by atoms with Crippen LogP contribution in [0.2, 0.25) is 0 Å². The van der Waals surface area contributed by atoms with Gasteiger partial charge in [-0.25, -0.2) is 4.98 Å². The lowest BCUT2D eigenvalue weighted by atomic mass is 10.1. The number of nitrogens with zero attached hydrogens (tertiary/aromatic N) is 1. The minimum absolute atomic E-state index is 0.765. The zero-order valence-corrected chi connectivity index (χ0v) is 13.4. The Labute approximate surface area is 142 Å². The van der Waals surface area contributed by atoms with E-state index < -0.39 is 0 Å². The average Bonchev–Trinajstić information content (AvgIpc) is 3.18. The van der Waals surface area contributed by atoms with Gasteiger partial charge in [0.15, 0.2) is 5.89 Å². The van der Waals surface area contributed by atoms with Gasteiger partial charge in [0.05, 0.1) is 6.20 Å². The van der Waals surface area contributed by atoms with Crippen molar-refractivity contribution < 1.29 is 4.42 Å². The molecule has 2 nitrogen and oxygen atoms in total. The summed E-state index contributed by atoms with van der Waals surface area (Å²) in [5.74, 6) is 0.765. The zero-order valence-electron chi connectivity index (χ0n) is 13.4. The zero-order chi connectivity index (χ0) is 16.5. The standard InChI is InChI=1S/C12H10.C10H9NO/c1-3-7-11(8-4-1)12-9-5-2-6-10-12;1-2-4-9(5-3-1)8-10-11-6-7-12-10/h1-10H;1-7H,8H2. The van der Waals surface area contributed by atoms with E-state index in [-0.39, 0.29) is 0 Å².